The van der Waals surface area contributed by atoms with Gasteiger partial charge in [-0.2, -0.15) is 0 Å². The third-order valence-corrected chi connectivity index (χ3v) is 3.53. The van der Waals surface area contributed by atoms with Gasteiger partial charge in [0.2, 0.25) is 5.91 Å². The molecule has 66 valence electrons. The van der Waals surface area contributed by atoms with E-state index in [2.05, 4.69) is 12.2 Å². The van der Waals surface area contributed by atoms with Gasteiger partial charge in [0.25, 0.3) is 0 Å². The van der Waals surface area contributed by atoms with Gasteiger partial charge in [0.15, 0.2) is 0 Å². The van der Waals surface area contributed by atoms with E-state index in [-0.39, 0.29) is 11.3 Å². The Morgan fingerprint density at radius 3 is 2.50 bits per heavy atom. The number of carbonyl (C=O) groups is 1. The molecule has 1 saturated carbocycles. The summed E-state index contributed by atoms with van der Waals surface area (Å²) in [6, 6.07) is 0. The molecule has 0 aliphatic heterocycles. The van der Waals surface area contributed by atoms with Crippen molar-refractivity contribution in [2.24, 2.45) is 23.0 Å². The van der Waals surface area contributed by atoms with Gasteiger partial charge in [-0.05, 0) is 31.1 Å². The van der Waals surface area contributed by atoms with Gasteiger partial charge in [0, 0.05) is 0 Å². The largest absolute Gasteiger partial charge is 0.369 e. The van der Waals surface area contributed by atoms with Crippen LogP contribution < -0.4 is 5.73 Å². The second-order valence-corrected chi connectivity index (χ2v) is 4.31. The molecule has 1 amide bonds. The van der Waals surface area contributed by atoms with Crippen LogP contribution in [-0.2, 0) is 4.79 Å². The van der Waals surface area contributed by atoms with E-state index in [1.807, 2.05) is 6.92 Å². The summed E-state index contributed by atoms with van der Waals surface area (Å²) in [5.74, 6) is 0.883. The monoisotopic (exact) mass is 165 g/mol. The smallest absolute Gasteiger partial charge is 0.223 e. The Morgan fingerprint density at radius 1 is 1.50 bits per heavy atom. The van der Waals surface area contributed by atoms with E-state index in [9.17, 15) is 4.79 Å². The second-order valence-electron chi connectivity index (χ2n) is 4.31. The van der Waals surface area contributed by atoms with Crippen LogP contribution in [0.15, 0.2) is 12.2 Å². The van der Waals surface area contributed by atoms with Crippen LogP contribution in [0.2, 0.25) is 0 Å². The van der Waals surface area contributed by atoms with Crippen molar-refractivity contribution in [3.63, 3.8) is 0 Å². The van der Waals surface area contributed by atoms with E-state index in [1.165, 1.54) is 6.42 Å². The van der Waals surface area contributed by atoms with Gasteiger partial charge in [-0.1, -0.05) is 19.1 Å². The van der Waals surface area contributed by atoms with Crippen LogP contribution in [0.25, 0.3) is 0 Å². The van der Waals surface area contributed by atoms with E-state index in [0.29, 0.717) is 11.8 Å². The first kappa shape index (κ1) is 7.84. The number of primary amides is 1. The van der Waals surface area contributed by atoms with Gasteiger partial charge in [0.1, 0.15) is 0 Å². The van der Waals surface area contributed by atoms with E-state index in [0.717, 1.165) is 12.8 Å². The fourth-order valence-corrected chi connectivity index (χ4v) is 2.56. The average Bonchev–Trinajstić information content (AvgIpc) is 2.05. The van der Waals surface area contributed by atoms with Crippen LogP contribution in [-0.4, -0.2) is 5.91 Å². The van der Waals surface area contributed by atoms with Gasteiger partial charge >= 0.3 is 0 Å². The van der Waals surface area contributed by atoms with Gasteiger partial charge < -0.3 is 5.73 Å². The number of nitrogens with two attached hydrogens (primary N) is 1. The molecule has 3 aliphatic carbocycles. The van der Waals surface area contributed by atoms with Crippen molar-refractivity contribution >= 4 is 5.91 Å². The van der Waals surface area contributed by atoms with Crippen LogP contribution in [0.5, 0.6) is 0 Å². The molecule has 2 nitrogen and oxygen atoms in total. The SMILES string of the molecule is C[C@@]1(C(N)=O)C[C@H]2C=C[C@H]1CC2. The molecule has 1 fully saturated rings. The van der Waals surface area contributed by atoms with Crippen molar-refractivity contribution in [2.75, 3.05) is 0 Å². The van der Waals surface area contributed by atoms with Crippen molar-refractivity contribution in [3.05, 3.63) is 12.2 Å². The summed E-state index contributed by atoms with van der Waals surface area (Å²) in [4.78, 5) is 11.3. The number of hydrogen-bond donors (Lipinski definition) is 1. The number of carbonyl (C=O) groups excluding carboxylic acids is 1. The van der Waals surface area contributed by atoms with Crippen LogP contribution in [0.3, 0.4) is 0 Å². The number of fused-ring (bicyclic) bond motifs is 2. The molecule has 2 heteroatoms. The first-order valence-electron chi connectivity index (χ1n) is 4.61. The maximum atomic E-state index is 11.3. The van der Waals surface area contributed by atoms with Gasteiger partial charge in [-0.3, -0.25) is 4.79 Å². The summed E-state index contributed by atoms with van der Waals surface area (Å²) in [5.41, 5.74) is 5.16. The van der Waals surface area contributed by atoms with Crippen molar-refractivity contribution in [1.82, 2.24) is 0 Å². The molecule has 0 unspecified atom stereocenters. The highest BCUT2D eigenvalue weighted by Gasteiger charge is 2.45. The van der Waals surface area contributed by atoms with Gasteiger partial charge in [0.05, 0.1) is 5.41 Å². The molecule has 0 aromatic carbocycles. The van der Waals surface area contributed by atoms with Crippen molar-refractivity contribution in [2.45, 2.75) is 26.2 Å². The average molecular weight is 165 g/mol. The van der Waals surface area contributed by atoms with E-state index in [4.69, 9.17) is 5.73 Å². The molecule has 3 rings (SSSR count). The molecule has 0 spiro atoms. The molecule has 0 heterocycles. The molecule has 0 aromatic rings. The highest BCUT2D eigenvalue weighted by molar-refractivity contribution is 5.81. The maximum Gasteiger partial charge on any atom is 0.223 e. The lowest BCUT2D eigenvalue weighted by atomic mass is 9.60. The molecular formula is C10H15NO. The molecule has 2 bridgehead atoms. The van der Waals surface area contributed by atoms with Crippen LogP contribution in [0.4, 0.5) is 0 Å². The minimum absolute atomic E-state index is 0.124. The second kappa shape index (κ2) is 2.35. The number of hydrogen-bond acceptors (Lipinski definition) is 1. The Hall–Kier alpha value is -0.790. The molecular weight excluding hydrogens is 150 g/mol. The molecule has 12 heavy (non-hydrogen) atoms. The summed E-state index contributed by atoms with van der Waals surface area (Å²) in [7, 11) is 0. The third kappa shape index (κ3) is 0.904. The molecule has 3 atom stereocenters. The Kier molecular flexibility index (Phi) is 1.53. The predicted molar refractivity (Wildman–Crippen MR) is 47.3 cm³/mol. The molecule has 0 aromatic heterocycles. The normalized spacial score (nSPS) is 44.8. The van der Waals surface area contributed by atoms with Crippen molar-refractivity contribution < 1.29 is 4.79 Å². The third-order valence-electron chi connectivity index (χ3n) is 3.53. The minimum atomic E-state index is -0.252. The zero-order valence-corrected chi connectivity index (χ0v) is 7.42. The summed E-state index contributed by atoms with van der Waals surface area (Å²) >= 11 is 0. The predicted octanol–water partition coefficient (Wildman–Crippen LogP) is 1.46. The number of allylic oxidation sites excluding steroid dienone is 2. The standard InChI is InChI=1S/C10H15NO/c1-10(9(11)12)6-7-2-4-8(10)5-3-7/h2,4,7-8H,3,5-6H2,1H3,(H2,11,12)/t7-,8-,10+/m0/s1. The number of amides is 1. The zero-order valence-electron chi connectivity index (χ0n) is 7.42. The molecule has 3 aliphatic rings. The lowest BCUT2D eigenvalue weighted by molar-refractivity contribution is -0.131. The molecule has 0 radical (unpaired) electrons. The summed E-state index contributed by atoms with van der Waals surface area (Å²) in [6.45, 7) is 2.01. The molecule has 0 saturated heterocycles. The van der Waals surface area contributed by atoms with Crippen LogP contribution >= 0.6 is 0 Å². The van der Waals surface area contributed by atoms with Crippen molar-refractivity contribution in [1.29, 1.82) is 0 Å². The maximum absolute atomic E-state index is 11.3. The fourth-order valence-electron chi connectivity index (χ4n) is 2.56. The minimum Gasteiger partial charge on any atom is -0.369 e. The Morgan fingerprint density at radius 2 is 2.25 bits per heavy atom. The quantitative estimate of drug-likeness (QED) is 0.587. The summed E-state index contributed by atoms with van der Waals surface area (Å²) in [6.07, 6.45) is 7.77. The van der Waals surface area contributed by atoms with Crippen LogP contribution in [0, 0.1) is 17.3 Å². The molecule has 2 N–H and O–H groups in total. The first-order chi connectivity index (χ1) is 5.63. The lowest BCUT2D eigenvalue weighted by Crippen LogP contribution is -2.46. The van der Waals surface area contributed by atoms with E-state index >= 15 is 0 Å². The van der Waals surface area contributed by atoms with Gasteiger partial charge in [-0.25, -0.2) is 0 Å². The summed E-state index contributed by atoms with van der Waals surface area (Å²) in [5, 5.41) is 0. The first-order valence-corrected chi connectivity index (χ1v) is 4.61. The van der Waals surface area contributed by atoms with E-state index in [1.54, 1.807) is 0 Å². The summed E-state index contributed by atoms with van der Waals surface area (Å²) < 4.78 is 0. The Bertz CT molecular complexity index is 246. The van der Waals surface area contributed by atoms with Gasteiger partial charge in [-0.15, -0.1) is 0 Å². The highest BCUT2D eigenvalue weighted by atomic mass is 16.1. The Labute approximate surface area is 72.8 Å². The number of rotatable bonds is 1. The zero-order chi connectivity index (χ0) is 8.77. The Balaban J connectivity index is 2.31. The van der Waals surface area contributed by atoms with E-state index < -0.39 is 0 Å². The van der Waals surface area contributed by atoms with Crippen LogP contribution in [0.1, 0.15) is 26.2 Å². The lowest BCUT2D eigenvalue weighted by Gasteiger charge is -2.44. The topological polar surface area (TPSA) is 43.1 Å². The van der Waals surface area contributed by atoms with Crippen molar-refractivity contribution in [3.8, 4) is 0 Å². The highest BCUT2D eigenvalue weighted by Crippen LogP contribution is 2.48. The fraction of sp³-hybridized carbons (Fsp3) is 0.700.